The van der Waals surface area contributed by atoms with E-state index in [9.17, 15) is 0 Å². The molecule has 0 atom stereocenters. The maximum Gasteiger partial charge on any atom is 2.00 e. The molecule has 0 bridgehead atoms. The molecule has 0 fully saturated rings. The maximum absolute atomic E-state index is 0. The molecule has 0 saturated heterocycles. The van der Waals surface area contributed by atoms with Gasteiger partial charge < -0.3 is 2.85 Å². The molecule has 0 aliphatic carbocycles. The zero-order valence-corrected chi connectivity index (χ0v) is 6.32. The predicted molar refractivity (Wildman–Crippen MR) is 17.9 cm³/mol. The van der Waals surface area contributed by atoms with E-state index in [1.54, 1.807) is 0 Å². The van der Waals surface area contributed by atoms with Crippen molar-refractivity contribution in [3.05, 3.63) is 0 Å². The summed E-state index contributed by atoms with van der Waals surface area (Å²) in [7, 11) is 0. The third-order valence-electron chi connectivity index (χ3n) is 0. The monoisotopic (exact) mass is 164 g/mol. The van der Waals surface area contributed by atoms with E-state index < -0.39 is 0 Å². The fourth-order valence-electron chi connectivity index (χ4n) is 0. The molecule has 0 aromatic carbocycles. The summed E-state index contributed by atoms with van der Waals surface area (Å²) >= 11 is 0. The van der Waals surface area contributed by atoms with Gasteiger partial charge in [0.05, 0.1) is 0 Å². The molecule has 0 nitrogen and oxygen atoms in total. The van der Waals surface area contributed by atoms with Crippen LogP contribution in [0.15, 0.2) is 0 Å². The topological polar surface area (TPSA) is 0 Å². The van der Waals surface area contributed by atoms with Crippen LogP contribution in [0.5, 0.6) is 0 Å². The summed E-state index contributed by atoms with van der Waals surface area (Å²) in [4.78, 5) is 0. The molecule has 4 heavy (non-hydrogen) atoms. The van der Waals surface area contributed by atoms with Crippen LogP contribution in [0.25, 0.3) is 0 Å². The fourth-order valence-corrected chi connectivity index (χ4v) is 0. The van der Waals surface area contributed by atoms with Gasteiger partial charge in [0.2, 0.25) is 0 Å². The molecule has 0 aliphatic rings. The second-order valence-corrected chi connectivity index (χ2v) is 0. The summed E-state index contributed by atoms with van der Waals surface area (Å²) < 4.78 is 0. The third-order valence-corrected chi connectivity index (χ3v) is 0. The SMILES string of the molecule is [Be+2].[Co].[Cu].[H-].[H-].[SiH3]. The van der Waals surface area contributed by atoms with Crippen LogP contribution < -0.4 is 0 Å². The molecule has 0 unspecified atom stereocenters. The van der Waals surface area contributed by atoms with Crippen LogP contribution in [-0.2, 0) is 33.8 Å². The Kier molecular flexibility index (Phi) is 340. The van der Waals surface area contributed by atoms with E-state index in [4.69, 9.17) is 0 Å². The minimum absolute atomic E-state index is 0. The molecule has 0 saturated carbocycles. The van der Waals surface area contributed by atoms with Crippen molar-refractivity contribution in [1.82, 2.24) is 0 Å². The molecule has 0 spiro atoms. The van der Waals surface area contributed by atoms with Gasteiger partial charge in [0, 0.05) is 33.8 Å². The molecule has 0 heterocycles. The Morgan fingerprint density at radius 2 is 1.25 bits per heavy atom. The van der Waals surface area contributed by atoms with Crippen molar-refractivity contribution in [3.63, 3.8) is 0 Å². The number of hydrogen-bond donors (Lipinski definition) is 0. The van der Waals surface area contributed by atoms with Crippen LogP contribution in [0.4, 0.5) is 0 Å². The van der Waals surface area contributed by atoms with Crippen molar-refractivity contribution in [2.75, 3.05) is 0 Å². The second kappa shape index (κ2) is 25.8. The van der Waals surface area contributed by atoms with Crippen LogP contribution in [0.3, 0.4) is 0 Å². The zero-order valence-electron chi connectivity index (χ0n) is 4.34. The van der Waals surface area contributed by atoms with Crippen molar-refractivity contribution in [2.24, 2.45) is 0 Å². The van der Waals surface area contributed by atoms with Gasteiger partial charge in [0.25, 0.3) is 0 Å². The van der Waals surface area contributed by atoms with Crippen LogP contribution in [0.2, 0.25) is 0 Å². The van der Waals surface area contributed by atoms with Gasteiger partial charge in [-0.25, -0.2) is 0 Å². The summed E-state index contributed by atoms with van der Waals surface area (Å²) in [6, 6.07) is 0. The van der Waals surface area contributed by atoms with Gasteiger partial charge in [-0.1, -0.05) is 0 Å². The van der Waals surface area contributed by atoms with Crippen LogP contribution >= 0.6 is 0 Å². The third kappa shape index (κ3) is 9.96. The average Bonchev–Trinajstić information content (AvgIpc) is 0. The Balaban J connectivity index is 0. The van der Waals surface area contributed by atoms with E-state index >= 15 is 0 Å². The Labute approximate surface area is 58.0 Å². The first-order chi connectivity index (χ1) is 0. The van der Waals surface area contributed by atoms with Gasteiger partial charge in [-0.15, -0.1) is 0 Å². The van der Waals surface area contributed by atoms with Crippen molar-refractivity contribution in [2.45, 2.75) is 0 Å². The smallest absolute Gasteiger partial charge is 1.00 e. The minimum atomic E-state index is 0. The van der Waals surface area contributed by atoms with E-state index in [1.165, 1.54) is 0 Å². The molecule has 0 amide bonds. The van der Waals surface area contributed by atoms with Crippen LogP contribution in [0.1, 0.15) is 2.85 Å². The van der Waals surface area contributed by atoms with Crippen molar-refractivity contribution in [3.8, 4) is 0 Å². The first-order valence-electron chi connectivity index (χ1n) is 0. The Morgan fingerprint density at radius 3 is 1.25 bits per heavy atom. The van der Waals surface area contributed by atoms with Crippen molar-refractivity contribution >= 4 is 21.1 Å². The van der Waals surface area contributed by atoms with Crippen molar-refractivity contribution < 1.29 is 36.7 Å². The van der Waals surface area contributed by atoms with E-state index in [-0.39, 0.29) is 57.8 Å². The van der Waals surface area contributed by atoms with Gasteiger partial charge >= 0.3 is 10.1 Å². The second-order valence-electron chi connectivity index (χ2n) is 0. The van der Waals surface area contributed by atoms with Crippen LogP contribution in [-0.4, -0.2) is 21.1 Å². The van der Waals surface area contributed by atoms with Gasteiger partial charge in [-0.2, -0.15) is 0 Å². The molecule has 0 aromatic heterocycles. The zero-order chi connectivity index (χ0) is 0. The van der Waals surface area contributed by atoms with Gasteiger partial charge in [-0.05, 0) is 11.0 Å². The van der Waals surface area contributed by atoms with E-state index in [0.29, 0.717) is 0 Å². The van der Waals surface area contributed by atoms with E-state index in [0.717, 1.165) is 0 Å². The normalized spacial score (nSPS) is 0. The summed E-state index contributed by atoms with van der Waals surface area (Å²) in [5, 5.41) is 0. The standard InChI is InChI=1S/Be.Co.Cu.H3Si.2H/h;;;1H3;;/q+2;;;;2*-1. The minimum Gasteiger partial charge on any atom is -1.00 e. The number of rotatable bonds is 0. The molecule has 0 N–H and O–H groups in total. The largest absolute Gasteiger partial charge is 2.00 e. The first kappa shape index (κ1) is 52.9. The average molecular weight is 165 g/mol. The molecule has 3 radical (unpaired) electrons. The van der Waals surface area contributed by atoms with Gasteiger partial charge in [0.15, 0.2) is 0 Å². The van der Waals surface area contributed by atoms with E-state index in [1.807, 2.05) is 0 Å². The molecule has 0 rings (SSSR count). The Bertz CT molecular complexity index is 13.5. The Morgan fingerprint density at radius 1 is 1.25 bits per heavy atom. The van der Waals surface area contributed by atoms with Crippen LogP contribution in [0, 0.1) is 0 Å². The summed E-state index contributed by atoms with van der Waals surface area (Å²) in [6.07, 6.45) is 0. The molecular formula is H5BeCoCuSi. The molecule has 31 valence electrons. The molecule has 0 aliphatic heterocycles. The maximum atomic E-state index is 0. The van der Waals surface area contributed by atoms with Crippen molar-refractivity contribution in [1.29, 1.82) is 0 Å². The molecule has 4 heteroatoms. The Hall–Kier alpha value is 1.41. The van der Waals surface area contributed by atoms with Gasteiger partial charge in [-0.3, -0.25) is 0 Å². The number of hydrogen-bond acceptors (Lipinski definition) is 0. The fraction of sp³-hybridized carbons (Fsp3) is 0. The first-order valence-corrected chi connectivity index (χ1v) is 0. The summed E-state index contributed by atoms with van der Waals surface area (Å²) in [5.74, 6) is 0. The quantitative estimate of drug-likeness (QED) is 0.389. The summed E-state index contributed by atoms with van der Waals surface area (Å²) in [5.41, 5.74) is 0. The summed E-state index contributed by atoms with van der Waals surface area (Å²) in [6.45, 7) is 0. The van der Waals surface area contributed by atoms with E-state index in [2.05, 4.69) is 0 Å². The predicted octanol–water partition coefficient (Wildman–Crippen LogP) is -1.34. The molecular weight excluding hydrogens is 160 g/mol. The molecule has 0 aromatic rings. The van der Waals surface area contributed by atoms with Gasteiger partial charge in [0.1, 0.15) is 0 Å².